The summed E-state index contributed by atoms with van der Waals surface area (Å²) in [6, 6.07) is 16.3. The maximum atomic E-state index is 15.0. The highest BCUT2D eigenvalue weighted by Gasteiger charge is 2.38. The predicted octanol–water partition coefficient (Wildman–Crippen LogP) is 7.27. The largest absolute Gasteiger partial charge is 0.497 e. The van der Waals surface area contributed by atoms with Crippen LogP contribution in [0.1, 0.15) is 78.0 Å². The molecule has 9 nitrogen and oxygen atoms in total. The summed E-state index contributed by atoms with van der Waals surface area (Å²) in [6.45, 7) is 5.56. The molecule has 1 aliphatic heterocycles. The quantitative estimate of drug-likeness (QED) is 0.191. The number of hydrogen-bond donors (Lipinski definition) is 0. The Morgan fingerprint density at radius 3 is 2.32 bits per heavy atom. The summed E-state index contributed by atoms with van der Waals surface area (Å²) in [6.07, 6.45) is 1.38. The number of nitrogens with zero attached hydrogens (tertiary/aromatic N) is 3. The molecule has 1 aromatic heterocycles. The number of aromatic nitrogens is 2. The van der Waals surface area contributed by atoms with Gasteiger partial charge < -0.3 is 14.2 Å². The number of halogens is 2. The highest BCUT2D eigenvalue weighted by atomic mass is 19.1. The number of carbonyl (C=O) groups is 3. The molecule has 0 radical (unpaired) electrons. The van der Waals surface area contributed by atoms with Gasteiger partial charge in [0.25, 0.3) is 0 Å². The summed E-state index contributed by atoms with van der Waals surface area (Å²) in [5, 5.41) is 0. The molecule has 2 atom stereocenters. The fourth-order valence-electron chi connectivity index (χ4n) is 6.67. The van der Waals surface area contributed by atoms with E-state index in [4.69, 9.17) is 14.2 Å². The summed E-state index contributed by atoms with van der Waals surface area (Å²) in [7, 11) is 3.11. The van der Waals surface area contributed by atoms with Crippen LogP contribution >= 0.6 is 0 Å². The molecule has 0 bridgehead atoms. The van der Waals surface area contributed by atoms with E-state index < -0.39 is 35.2 Å². The molecule has 2 unspecified atom stereocenters. The number of likely N-dealkylation sites (tertiary alicyclic amines) is 1. The first-order valence-electron chi connectivity index (χ1n) is 16.6. The van der Waals surface area contributed by atoms with E-state index in [-0.39, 0.29) is 35.9 Å². The average molecular weight is 684 g/mol. The molecule has 2 aliphatic rings. The van der Waals surface area contributed by atoms with Gasteiger partial charge in [0, 0.05) is 31.4 Å². The van der Waals surface area contributed by atoms with E-state index in [1.807, 2.05) is 30.3 Å². The number of ether oxygens (including phenoxy) is 3. The number of benzene rings is 3. The van der Waals surface area contributed by atoms with Gasteiger partial charge in [0.15, 0.2) is 11.6 Å². The lowest BCUT2D eigenvalue weighted by molar-refractivity contribution is -0.134. The van der Waals surface area contributed by atoms with Crippen LogP contribution in [-0.2, 0) is 28.8 Å². The molecule has 0 N–H and O–H groups in total. The highest BCUT2D eigenvalue weighted by molar-refractivity contribution is 6.03. The van der Waals surface area contributed by atoms with Crippen LogP contribution in [0.15, 0.2) is 60.7 Å². The fraction of sp³-hybridized carbons (Fsp3) is 0.359. The Bertz CT molecular complexity index is 1940. The van der Waals surface area contributed by atoms with Gasteiger partial charge in [-0.2, -0.15) is 0 Å². The van der Waals surface area contributed by atoms with E-state index in [0.29, 0.717) is 54.3 Å². The molecule has 4 aromatic rings. The first kappa shape index (κ1) is 34.7. The van der Waals surface area contributed by atoms with E-state index >= 15 is 0 Å². The van der Waals surface area contributed by atoms with Gasteiger partial charge in [-0.25, -0.2) is 28.4 Å². The molecule has 1 aliphatic carbocycles. The predicted molar refractivity (Wildman–Crippen MR) is 181 cm³/mol. The number of rotatable bonds is 8. The SMILES string of the molecule is COc1ccc(CC2Cc3nc(-c4c(F)cccc4F)nc(Cc4ccc(C5CCCN(C(=O)OC(C)(C)C)C5=O)cc4)c3C2=O)c(OC)c1. The maximum absolute atomic E-state index is 15.0. The second-order valence-electron chi connectivity index (χ2n) is 13.6. The fourth-order valence-corrected chi connectivity index (χ4v) is 6.67. The van der Waals surface area contributed by atoms with Crippen molar-refractivity contribution in [1.29, 1.82) is 0 Å². The summed E-state index contributed by atoms with van der Waals surface area (Å²) in [4.78, 5) is 50.4. The number of imide groups is 1. The van der Waals surface area contributed by atoms with Crippen molar-refractivity contribution in [3.63, 3.8) is 0 Å². The number of amides is 2. The van der Waals surface area contributed by atoms with E-state index in [0.717, 1.165) is 28.8 Å². The van der Waals surface area contributed by atoms with Crippen molar-refractivity contribution in [2.75, 3.05) is 20.8 Å². The summed E-state index contributed by atoms with van der Waals surface area (Å²) in [5.41, 5.74) is 2.39. The Labute approximate surface area is 289 Å². The lowest BCUT2D eigenvalue weighted by Crippen LogP contribution is -2.46. The van der Waals surface area contributed by atoms with E-state index in [1.54, 1.807) is 47.1 Å². The van der Waals surface area contributed by atoms with Crippen molar-refractivity contribution >= 4 is 17.8 Å². The first-order chi connectivity index (χ1) is 23.9. The van der Waals surface area contributed by atoms with Crippen LogP contribution in [0.4, 0.5) is 13.6 Å². The maximum Gasteiger partial charge on any atom is 0.417 e. The lowest BCUT2D eigenvalue weighted by atomic mass is 9.89. The van der Waals surface area contributed by atoms with Gasteiger partial charge in [0.2, 0.25) is 5.91 Å². The van der Waals surface area contributed by atoms with Gasteiger partial charge in [-0.05, 0) is 74.9 Å². The Morgan fingerprint density at radius 2 is 1.66 bits per heavy atom. The van der Waals surface area contributed by atoms with E-state index in [2.05, 4.69) is 9.97 Å². The Balaban J connectivity index is 1.30. The van der Waals surface area contributed by atoms with Crippen molar-refractivity contribution in [3.05, 3.63) is 106 Å². The highest BCUT2D eigenvalue weighted by Crippen LogP contribution is 2.37. The molecule has 260 valence electrons. The smallest absolute Gasteiger partial charge is 0.417 e. The van der Waals surface area contributed by atoms with Crippen molar-refractivity contribution < 1.29 is 37.4 Å². The molecule has 2 amide bonds. The van der Waals surface area contributed by atoms with Crippen LogP contribution in [0.2, 0.25) is 0 Å². The monoisotopic (exact) mass is 683 g/mol. The zero-order chi connectivity index (χ0) is 35.7. The molecule has 0 spiro atoms. The molecular formula is C39H39F2N3O6. The van der Waals surface area contributed by atoms with Crippen LogP contribution in [0, 0.1) is 17.6 Å². The molecule has 1 saturated heterocycles. The molecule has 11 heteroatoms. The van der Waals surface area contributed by atoms with Gasteiger partial charge in [0.05, 0.1) is 42.7 Å². The van der Waals surface area contributed by atoms with Gasteiger partial charge in [-0.1, -0.05) is 36.4 Å². The number of carbonyl (C=O) groups excluding carboxylic acids is 3. The standard InChI is InChI=1S/C39H39F2N3O6/c1-39(2,3)50-38(47)44-17-7-8-27(37(44)46)23-13-11-22(12-14-23)18-30-34-31(43-36(42-30)33-28(40)9-6-10-29(33)41)20-25(35(34)45)19-24-15-16-26(48-4)21-32(24)49-5/h6,9-16,21,25,27H,7-8,17-20H2,1-5H3. The summed E-state index contributed by atoms with van der Waals surface area (Å²) >= 11 is 0. The molecular weight excluding hydrogens is 644 g/mol. The summed E-state index contributed by atoms with van der Waals surface area (Å²) < 4.78 is 46.3. The van der Waals surface area contributed by atoms with Crippen LogP contribution in [0.25, 0.3) is 11.4 Å². The first-order valence-corrected chi connectivity index (χ1v) is 16.6. The third-order valence-corrected chi connectivity index (χ3v) is 9.07. The second kappa shape index (κ2) is 14.0. The number of Topliss-reactive ketones (excluding diaryl/α,β-unsaturated/α-hetero) is 1. The summed E-state index contributed by atoms with van der Waals surface area (Å²) in [5.74, 6) is -2.00. The van der Waals surface area contributed by atoms with Gasteiger partial charge in [0.1, 0.15) is 28.7 Å². The number of piperidine rings is 1. The third-order valence-electron chi connectivity index (χ3n) is 9.07. The van der Waals surface area contributed by atoms with Crippen molar-refractivity contribution in [2.45, 2.75) is 64.4 Å². The molecule has 6 rings (SSSR count). The van der Waals surface area contributed by atoms with Crippen molar-refractivity contribution in [2.24, 2.45) is 5.92 Å². The number of hydrogen-bond acceptors (Lipinski definition) is 8. The Morgan fingerprint density at radius 1 is 0.940 bits per heavy atom. The zero-order valence-electron chi connectivity index (χ0n) is 28.7. The minimum absolute atomic E-state index is 0.128. The third kappa shape index (κ3) is 7.08. The van der Waals surface area contributed by atoms with Gasteiger partial charge >= 0.3 is 6.09 Å². The van der Waals surface area contributed by atoms with Crippen LogP contribution in [-0.4, -0.2) is 59.0 Å². The Kier molecular flexibility index (Phi) is 9.69. The van der Waals surface area contributed by atoms with Gasteiger partial charge in [-0.15, -0.1) is 0 Å². The molecule has 50 heavy (non-hydrogen) atoms. The second-order valence-corrected chi connectivity index (χ2v) is 13.6. The van der Waals surface area contributed by atoms with Crippen molar-refractivity contribution in [3.8, 4) is 22.9 Å². The molecule has 2 heterocycles. The average Bonchev–Trinajstić information content (AvgIpc) is 3.39. The number of ketones is 1. The number of fused-ring (bicyclic) bond motifs is 1. The van der Waals surface area contributed by atoms with Crippen LogP contribution in [0.5, 0.6) is 11.5 Å². The van der Waals surface area contributed by atoms with Crippen LogP contribution in [0.3, 0.4) is 0 Å². The zero-order valence-corrected chi connectivity index (χ0v) is 28.7. The van der Waals surface area contributed by atoms with Crippen molar-refractivity contribution in [1.82, 2.24) is 14.9 Å². The lowest BCUT2D eigenvalue weighted by Gasteiger charge is -2.32. The topological polar surface area (TPSA) is 108 Å². The number of methoxy groups -OCH3 is 2. The Hall–Kier alpha value is -5.19. The minimum Gasteiger partial charge on any atom is -0.497 e. The van der Waals surface area contributed by atoms with E-state index in [1.165, 1.54) is 11.0 Å². The molecule has 0 saturated carbocycles. The molecule has 3 aromatic carbocycles. The molecule has 1 fully saturated rings. The van der Waals surface area contributed by atoms with E-state index in [9.17, 15) is 23.2 Å². The minimum atomic E-state index is -0.804. The van der Waals surface area contributed by atoms with Gasteiger partial charge in [-0.3, -0.25) is 9.59 Å². The van der Waals surface area contributed by atoms with Crippen LogP contribution < -0.4 is 9.47 Å². The normalized spacial score (nSPS) is 17.5.